The molecule has 1 N–H and O–H groups in total. The minimum Gasteiger partial charge on any atom is -0.300 e. The van der Waals surface area contributed by atoms with E-state index in [4.69, 9.17) is 0 Å². The van der Waals surface area contributed by atoms with Crippen molar-refractivity contribution in [2.75, 3.05) is 38.7 Å². The molecule has 0 saturated carbocycles. The summed E-state index contributed by atoms with van der Waals surface area (Å²) in [5.41, 5.74) is 0. The maximum absolute atomic E-state index is 3.13. The molecule has 66 valence electrons. The van der Waals surface area contributed by atoms with Crippen LogP contribution in [-0.2, 0) is 0 Å². The van der Waals surface area contributed by atoms with Crippen molar-refractivity contribution >= 4 is 23.7 Å². The van der Waals surface area contributed by atoms with Crippen LogP contribution in [0.25, 0.3) is 0 Å². The van der Waals surface area contributed by atoms with Crippen LogP contribution in [0.2, 0.25) is 0 Å². The third-order valence-corrected chi connectivity index (χ3v) is 3.28. The van der Waals surface area contributed by atoms with Gasteiger partial charge in [0.15, 0.2) is 0 Å². The first kappa shape index (κ1) is 9.71. The molecule has 1 aliphatic heterocycles. The highest BCUT2D eigenvalue weighted by atomic mass is 32.2. The highest BCUT2D eigenvalue weighted by Crippen LogP contribution is 2.18. The molecule has 4 heteroatoms. The third kappa shape index (κ3) is 3.23. The van der Waals surface area contributed by atoms with Gasteiger partial charge in [0.1, 0.15) is 0 Å². The Bertz CT molecular complexity index is 105. The molecular formula is C7H16N2S2. The number of hydrogen-bond acceptors (Lipinski definition) is 4. The van der Waals surface area contributed by atoms with Gasteiger partial charge in [-0.2, -0.15) is 11.8 Å². The van der Waals surface area contributed by atoms with Crippen LogP contribution in [0.3, 0.4) is 0 Å². The SMILES string of the molecule is CNSC1CN(CCSC)C1. The summed E-state index contributed by atoms with van der Waals surface area (Å²) in [7, 11) is 2.00. The summed E-state index contributed by atoms with van der Waals surface area (Å²) < 4.78 is 3.13. The molecule has 0 amide bonds. The number of rotatable bonds is 5. The lowest BCUT2D eigenvalue weighted by Gasteiger charge is -2.38. The van der Waals surface area contributed by atoms with Crippen molar-refractivity contribution < 1.29 is 0 Å². The van der Waals surface area contributed by atoms with E-state index in [0.717, 1.165) is 5.25 Å². The molecule has 1 fully saturated rings. The Kier molecular flexibility index (Phi) is 4.67. The Hall–Kier alpha value is 0.620. The van der Waals surface area contributed by atoms with Crippen molar-refractivity contribution in [2.45, 2.75) is 5.25 Å². The lowest BCUT2D eigenvalue weighted by Crippen LogP contribution is -2.50. The minimum atomic E-state index is 0.835. The predicted octanol–water partition coefficient (Wildman–Crippen LogP) is 0.901. The Balaban J connectivity index is 1.92. The first-order valence-electron chi connectivity index (χ1n) is 3.90. The van der Waals surface area contributed by atoms with Gasteiger partial charge in [-0.25, -0.2) is 0 Å². The van der Waals surface area contributed by atoms with E-state index in [9.17, 15) is 0 Å². The van der Waals surface area contributed by atoms with Crippen molar-refractivity contribution in [1.29, 1.82) is 0 Å². The van der Waals surface area contributed by atoms with Gasteiger partial charge in [0.25, 0.3) is 0 Å². The predicted molar refractivity (Wildman–Crippen MR) is 55.3 cm³/mol. The fourth-order valence-corrected chi connectivity index (χ4v) is 2.51. The second-order valence-electron chi connectivity index (χ2n) is 2.70. The van der Waals surface area contributed by atoms with Gasteiger partial charge in [-0.3, -0.25) is 4.72 Å². The van der Waals surface area contributed by atoms with Crippen LogP contribution in [-0.4, -0.2) is 48.8 Å². The van der Waals surface area contributed by atoms with E-state index in [1.54, 1.807) is 0 Å². The van der Waals surface area contributed by atoms with Crippen LogP contribution in [0.1, 0.15) is 0 Å². The lowest BCUT2D eigenvalue weighted by molar-refractivity contribution is 0.203. The van der Waals surface area contributed by atoms with E-state index >= 15 is 0 Å². The van der Waals surface area contributed by atoms with Gasteiger partial charge < -0.3 is 4.90 Å². The van der Waals surface area contributed by atoms with Gasteiger partial charge in [0.05, 0.1) is 0 Å². The molecule has 0 bridgehead atoms. The molecule has 0 atom stereocenters. The van der Waals surface area contributed by atoms with Gasteiger partial charge in [-0.05, 0) is 13.3 Å². The number of hydrogen-bond donors (Lipinski definition) is 1. The molecule has 0 unspecified atom stereocenters. The molecule has 0 spiro atoms. The molecule has 1 saturated heterocycles. The van der Waals surface area contributed by atoms with Crippen molar-refractivity contribution in [3.8, 4) is 0 Å². The van der Waals surface area contributed by atoms with Crippen LogP contribution in [0.5, 0.6) is 0 Å². The van der Waals surface area contributed by atoms with E-state index in [1.165, 1.54) is 25.4 Å². The normalized spacial score (nSPS) is 20.2. The maximum Gasteiger partial charge on any atom is 0.0447 e. The van der Waals surface area contributed by atoms with Crippen LogP contribution < -0.4 is 4.72 Å². The van der Waals surface area contributed by atoms with E-state index in [0.29, 0.717) is 0 Å². The molecule has 0 aromatic carbocycles. The molecule has 0 aromatic heterocycles. The third-order valence-electron chi connectivity index (χ3n) is 1.82. The fourth-order valence-electron chi connectivity index (χ4n) is 1.17. The second kappa shape index (κ2) is 5.30. The number of nitrogens with zero attached hydrogens (tertiary/aromatic N) is 1. The van der Waals surface area contributed by atoms with E-state index in [2.05, 4.69) is 15.9 Å². The van der Waals surface area contributed by atoms with E-state index in [1.807, 2.05) is 30.8 Å². The van der Waals surface area contributed by atoms with Gasteiger partial charge in [0.2, 0.25) is 0 Å². The van der Waals surface area contributed by atoms with Gasteiger partial charge in [-0.15, -0.1) is 0 Å². The highest BCUT2D eigenvalue weighted by molar-refractivity contribution is 7.98. The number of thioether (sulfide) groups is 1. The summed E-state index contributed by atoms with van der Waals surface area (Å²) in [6.07, 6.45) is 2.17. The summed E-state index contributed by atoms with van der Waals surface area (Å²) in [6, 6.07) is 0. The molecule has 1 heterocycles. The second-order valence-corrected chi connectivity index (χ2v) is 4.99. The zero-order valence-corrected chi connectivity index (χ0v) is 8.80. The first-order chi connectivity index (χ1) is 5.36. The zero-order chi connectivity index (χ0) is 8.10. The molecule has 0 aliphatic carbocycles. The largest absolute Gasteiger partial charge is 0.300 e. The van der Waals surface area contributed by atoms with Gasteiger partial charge in [0, 0.05) is 30.6 Å². The summed E-state index contributed by atoms with van der Waals surface area (Å²) >= 11 is 3.79. The maximum atomic E-state index is 3.13. The molecule has 1 rings (SSSR count). The first-order valence-corrected chi connectivity index (χ1v) is 6.18. The van der Waals surface area contributed by atoms with Crippen molar-refractivity contribution in [2.24, 2.45) is 0 Å². The molecule has 0 radical (unpaired) electrons. The van der Waals surface area contributed by atoms with Crippen LogP contribution in [0, 0.1) is 0 Å². The highest BCUT2D eigenvalue weighted by Gasteiger charge is 2.25. The molecular weight excluding hydrogens is 176 g/mol. The summed E-state index contributed by atoms with van der Waals surface area (Å²) in [4.78, 5) is 2.51. The van der Waals surface area contributed by atoms with Crippen molar-refractivity contribution in [3.63, 3.8) is 0 Å². The average molecular weight is 192 g/mol. The van der Waals surface area contributed by atoms with E-state index in [-0.39, 0.29) is 0 Å². The lowest BCUT2D eigenvalue weighted by atomic mass is 10.2. The standard InChI is InChI=1S/C7H16N2S2/c1-8-11-7-5-9(6-7)3-4-10-2/h7-8H,3-6H2,1-2H3. The smallest absolute Gasteiger partial charge is 0.0447 e. The van der Waals surface area contributed by atoms with Gasteiger partial charge >= 0.3 is 0 Å². The van der Waals surface area contributed by atoms with E-state index < -0.39 is 0 Å². The monoisotopic (exact) mass is 192 g/mol. The van der Waals surface area contributed by atoms with Crippen LogP contribution >= 0.6 is 23.7 Å². The van der Waals surface area contributed by atoms with Gasteiger partial charge in [-0.1, -0.05) is 11.9 Å². The summed E-state index contributed by atoms with van der Waals surface area (Å²) in [6.45, 7) is 3.81. The number of likely N-dealkylation sites (tertiary alicyclic amines) is 1. The summed E-state index contributed by atoms with van der Waals surface area (Å²) in [5, 5.41) is 0.835. The Labute approximate surface area is 77.6 Å². The molecule has 11 heavy (non-hydrogen) atoms. The van der Waals surface area contributed by atoms with Crippen LogP contribution in [0.4, 0.5) is 0 Å². The fraction of sp³-hybridized carbons (Fsp3) is 1.00. The van der Waals surface area contributed by atoms with Crippen molar-refractivity contribution in [1.82, 2.24) is 9.62 Å². The quantitative estimate of drug-likeness (QED) is 0.651. The van der Waals surface area contributed by atoms with Crippen molar-refractivity contribution in [3.05, 3.63) is 0 Å². The Morgan fingerprint density at radius 3 is 2.82 bits per heavy atom. The zero-order valence-electron chi connectivity index (χ0n) is 7.17. The molecule has 0 aromatic rings. The Morgan fingerprint density at radius 2 is 2.27 bits per heavy atom. The number of nitrogens with one attached hydrogen (secondary N) is 1. The summed E-state index contributed by atoms with van der Waals surface area (Å²) in [5.74, 6) is 1.27. The average Bonchev–Trinajstić information content (AvgIpc) is 1.94. The molecule has 2 nitrogen and oxygen atoms in total. The molecule has 1 aliphatic rings. The minimum absolute atomic E-state index is 0.835. The van der Waals surface area contributed by atoms with Crippen LogP contribution in [0.15, 0.2) is 0 Å². The Morgan fingerprint density at radius 1 is 1.55 bits per heavy atom. The topological polar surface area (TPSA) is 15.3 Å².